The number of hydrogen-bond donors (Lipinski definition) is 1. The van der Waals surface area contributed by atoms with Crippen molar-refractivity contribution in [2.75, 3.05) is 0 Å². The van der Waals surface area contributed by atoms with E-state index in [1.165, 1.54) is 12.1 Å². The molecule has 1 heterocycles. The fourth-order valence-corrected chi connectivity index (χ4v) is 2.43. The van der Waals surface area contributed by atoms with Gasteiger partial charge in [0.05, 0.1) is 0 Å². The van der Waals surface area contributed by atoms with Gasteiger partial charge in [0.1, 0.15) is 18.2 Å². The molecule has 0 radical (unpaired) electrons. The van der Waals surface area contributed by atoms with E-state index in [-0.39, 0.29) is 11.9 Å². The molecule has 0 amide bonds. The highest BCUT2D eigenvalue weighted by atomic mass is 32.1. The minimum Gasteiger partial charge on any atom is -0.488 e. The summed E-state index contributed by atoms with van der Waals surface area (Å²) < 4.78 is 19.1. The summed E-state index contributed by atoms with van der Waals surface area (Å²) in [6.07, 6.45) is 1.49. The summed E-state index contributed by atoms with van der Waals surface area (Å²) in [5.74, 6) is 0.473. The molecule has 0 bridgehead atoms. The van der Waals surface area contributed by atoms with Crippen LogP contribution in [0.3, 0.4) is 0 Å². The zero-order valence-corrected chi connectivity index (χ0v) is 11.8. The number of rotatable bonds is 6. The number of ether oxygens (including phenoxy) is 1. The maximum atomic E-state index is 13.3. The highest BCUT2D eigenvalue weighted by molar-refractivity contribution is 7.09. The largest absolute Gasteiger partial charge is 0.488 e. The van der Waals surface area contributed by atoms with Crippen molar-refractivity contribution in [2.24, 2.45) is 5.73 Å². The molecule has 1 unspecified atom stereocenters. The summed E-state index contributed by atoms with van der Waals surface area (Å²) in [4.78, 5) is 1.15. The number of thiophene rings is 1. The van der Waals surface area contributed by atoms with Crippen LogP contribution in [-0.2, 0) is 13.0 Å². The van der Waals surface area contributed by atoms with Gasteiger partial charge in [-0.2, -0.15) is 0 Å². The van der Waals surface area contributed by atoms with Crippen LogP contribution in [0, 0.1) is 5.82 Å². The van der Waals surface area contributed by atoms with Crippen molar-refractivity contribution < 1.29 is 9.13 Å². The van der Waals surface area contributed by atoms with Gasteiger partial charge in [0.2, 0.25) is 0 Å². The van der Waals surface area contributed by atoms with Gasteiger partial charge in [0.25, 0.3) is 0 Å². The SMILES string of the molecule is CCC(N)Cc1cc(F)ccc1OCc1cccs1. The summed E-state index contributed by atoms with van der Waals surface area (Å²) in [5, 5.41) is 2.01. The molecule has 0 fully saturated rings. The fraction of sp³-hybridized carbons (Fsp3) is 0.333. The lowest BCUT2D eigenvalue weighted by atomic mass is 10.0. The number of benzene rings is 1. The number of hydrogen-bond acceptors (Lipinski definition) is 3. The second-order valence-electron chi connectivity index (χ2n) is 4.49. The van der Waals surface area contributed by atoms with Crippen LogP contribution in [0.5, 0.6) is 5.75 Å². The molecule has 1 aromatic carbocycles. The maximum absolute atomic E-state index is 13.3. The molecule has 0 aliphatic carbocycles. The number of halogens is 1. The van der Waals surface area contributed by atoms with E-state index in [0.29, 0.717) is 13.0 Å². The molecule has 0 saturated carbocycles. The van der Waals surface area contributed by atoms with E-state index in [4.69, 9.17) is 10.5 Å². The smallest absolute Gasteiger partial charge is 0.123 e. The Hall–Kier alpha value is -1.39. The van der Waals surface area contributed by atoms with Crippen molar-refractivity contribution in [1.82, 2.24) is 0 Å². The molecule has 1 atom stereocenters. The summed E-state index contributed by atoms with van der Waals surface area (Å²) in [6, 6.07) is 8.66. The average Bonchev–Trinajstić information content (AvgIpc) is 2.91. The van der Waals surface area contributed by atoms with Gasteiger partial charge in [0.15, 0.2) is 0 Å². The van der Waals surface area contributed by atoms with Crippen molar-refractivity contribution in [3.05, 3.63) is 52.0 Å². The third kappa shape index (κ3) is 4.04. The molecule has 2 nitrogen and oxygen atoms in total. The minimum atomic E-state index is -0.248. The summed E-state index contributed by atoms with van der Waals surface area (Å²) in [7, 11) is 0. The predicted octanol–water partition coefficient (Wildman–Crippen LogP) is 3.75. The Bertz CT molecular complexity index is 513. The lowest BCUT2D eigenvalue weighted by molar-refractivity contribution is 0.305. The van der Waals surface area contributed by atoms with Crippen molar-refractivity contribution in [3.8, 4) is 5.75 Å². The van der Waals surface area contributed by atoms with Gasteiger partial charge in [0, 0.05) is 10.9 Å². The predicted molar refractivity (Wildman–Crippen MR) is 77.0 cm³/mol. The normalized spacial score (nSPS) is 12.4. The van der Waals surface area contributed by atoms with E-state index in [2.05, 4.69) is 0 Å². The lowest BCUT2D eigenvalue weighted by Crippen LogP contribution is -2.21. The van der Waals surface area contributed by atoms with Gasteiger partial charge in [-0.25, -0.2) is 4.39 Å². The zero-order valence-electron chi connectivity index (χ0n) is 10.9. The van der Waals surface area contributed by atoms with Gasteiger partial charge in [-0.1, -0.05) is 13.0 Å². The van der Waals surface area contributed by atoms with Crippen LogP contribution in [0.2, 0.25) is 0 Å². The molecule has 19 heavy (non-hydrogen) atoms. The highest BCUT2D eigenvalue weighted by Gasteiger charge is 2.10. The van der Waals surface area contributed by atoms with Gasteiger partial charge < -0.3 is 10.5 Å². The van der Waals surface area contributed by atoms with Crippen molar-refractivity contribution >= 4 is 11.3 Å². The molecule has 4 heteroatoms. The minimum absolute atomic E-state index is 0.0332. The average molecular weight is 279 g/mol. The van der Waals surface area contributed by atoms with Crippen LogP contribution in [0.4, 0.5) is 4.39 Å². The molecule has 0 spiro atoms. The van der Waals surface area contributed by atoms with Crippen molar-refractivity contribution in [3.63, 3.8) is 0 Å². The second-order valence-corrected chi connectivity index (χ2v) is 5.52. The fourth-order valence-electron chi connectivity index (χ4n) is 1.82. The molecule has 0 aliphatic rings. The summed E-state index contributed by atoms with van der Waals surface area (Å²) >= 11 is 1.65. The Morgan fingerprint density at radius 3 is 2.89 bits per heavy atom. The van der Waals surface area contributed by atoms with Crippen LogP contribution in [-0.4, -0.2) is 6.04 Å². The molecule has 102 valence electrons. The summed E-state index contributed by atoms with van der Waals surface area (Å²) in [6.45, 7) is 2.54. The Kier molecular flexibility index (Phi) is 4.93. The first-order valence-corrected chi connectivity index (χ1v) is 7.26. The highest BCUT2D eigenvalue weighted by Crippen LogP contribution is 2.23. The van der Waals surface area contributed by atoms with E-state index in [1.807, 2.05) is 24.4 Å². The van der Waals surface area contributed by atoms with E-state index in [9.17, 15) is 4.39 Å². The monoisotopic (exact) mass is 279 g/mol. The lowest BCUT2D eigenvalue weighted by Gasteiger charge is -2.14. The molecule has 2 rings (SSSR count). The first kappa shape index (κ1) is 14.0. The van der Waals surface area contributed by atoms with Gasteiger partial charge in [-0.05, 0) is 48.1 Å². The van der Waals surface area contributed by atoms with Crippen molar-refractivity contribution in [1.29, 1.82) is 0 Å². The molecule has 0 aliphatic heterocycles. The van der Waals surface area contributed by atoms with E-state index in [1.54, 1.807) is 17.4 Å². The Labute approximate surface area is 117 Å². The molecular weight excluding hydrogens is 261 g/mol. The Morgan fingerprint density at radius 1 is 1.37 bits per heavy atom. The van der Waals surface area contributed by atoms with Gasteiger partial charge >= 0.3 is 0 Å². The van der Waals surface area contributed by atoms with Crippen LogP contribution in [0.1, 0.15) is 23.8 Å². The third-order valence-corrected chi connectivity index (χ3v) is 3.83. The third-order valence-electron chi connectivity index (χ3n) is 2.98. The van der Waals surface area contributed by atoms with Crippen LogP contribution < -0.4 is 10.5 Å². The summed E-state index contributed by atoms with van der Waals surface area (Å²) in [5.41, 5.74) is 6.78. The van der Waals surface area contributed by atoms with E-state index >= 15 is 0 Å². The topological polar surface area (TPSA) is 35.2 Å². The van der Waals surface area contributed by atoms with Crippen LogP contribution >= 0.6 is 11.3 Å². The quantitative estimate of drug-likeness (QED) is 0.874. The molecular formula is C15H18FNOS. The van der Waals surface area contributed by atoms with E-state index in [0.717, 1.165) is 22.6 Å². The standard InChI is InChI=1S/C15H18FNOS/c1-2-13(17)9-11-8-12(16)5-6-15(11)18-10-14-4-3-7-19-14/h3-8,13H,2,9-10,17H2,1H3. The first-order chi connectivity index (χ1) is 9.19. The van der Waals surface area contributed by atoms with E-state index < -0.39 is 0 Å². The molecule has 2 aromatic rings. The number of nitrogens with two attached hydrogens (primary N) is 1. The van der Waals surface area contributed by atoms with Crippen LogP contribution in [0.25, 0.3) is 0 Å². The Balaban J connectivity index is 2.09. The Morgan fingerprint density at radius 2 is 2.21 bits per heavy atom. The van der Waals surface area contributed by atoms with Crippen molar-refractivity contribution in [2.45, 2.75) is 32.4 Å². The first-order valence-electron chi connectivity index (χ1n) is 6.38. The van der Waals surface area contributed by atoms with Gasteiger partial charge in [-0.3, -0.25) is 0 Å². The maximum Gasteiger partial charge on any atom is 0.123 e. The van der Waals surface area contributed by atoms with Crippen LogP contribution in [0.15, 0.2) is 35.7 Å². The molecule has 0 saturated heterocycles. The van der Waals surface area contributed by atoms with Gasteiger partial charge in [-0.15, -0.1) is 11.3 Å². The molecule has 2 N–H and O–H groups in total. The second kappa shape index (κ2) is 6.68. The molecule has 1 aromatic heterocycles. The zero-order chi connectivity index (χ0) is 13.7.